The fraction of sp³-hybridized carbons (Fsp3) is 0.136. The van der Waals surface area contributed by atoms with Gasteiger partial charge >= 0.3 is 0 Å². The molecule has 1 aliphatic rings. The van der Waals surface area contributed by atoms with E-state index in [1.807, 2.05) is 44.2 Å². The summed E-state index contributed by atoms with van der Waals surface area (Å²) in [5.41, 5.74) is 6.33. The molecule has 0 fully saturated rings. The Hall–Kier alpha value is -3.41. The molecule has 0 unspecified atom stereocenters. The number of H-pyrrole nitrogens is 1. The van der Waals surface area contributed by atoms with Crippen LogP contribution in [0.25, 0.3) is 11.6 Å². The van der Waals surface area contributed by atoms with Crippen molar-refractivity contribution >= 4 is 28.9 Å². The monoisotopic (exact) mass is 379 g/mol. The fourth-order valence-electron chi connectivity index (χ4n) is 3.40. The Balaban J connectivity index is 1.61. The van der Waals surface area contributed by atoms with Crippen molar-refractivity contribution in [3.63, 3.8) is 0 Å². The first-order valence-electron chi connectivity index (χ1n) is 8.91. The van der Waals surface area contributed by atoms with Crippen LogP contribution in [0.1, 0.15) is 28.1 Å². The van der Waals surface area contributed by atoms with Crippen molar-refractivity contribution in [2.45, 2.75) is 20.4 Å². The number of aromatic amines is 1. The van der Waals surface area contributed by atoms with Gasteiger partial charge in [-0.25, -0.2) is 8.78 Å². The van der Waals surface area contributed by atoms with E-state index in [-0.39, 0.29) is 12.5 Å². The maximum absolute atomic E-state index is 13.3. The van der Waals surface area contributed by atoms with Crippen molar-refractivity contribution in [2.24, 2.45) is 0 Å². The SMILES string of the molecule is Cc1cc(C)c(/C=C2\C(=O)Nc3ccc(NCc4cc(F)cc(F)c4)cc32)[nH]1. The Morgan fingerprint density at radius 2 is 1.79 bits per heavy atom. The highest BCUT2D eigenvalue weighted by Crippen LogP contribution is 2.35. The first-order valence-corrected chi connectivity index (χ1v) is 8.91. The third kappa shape index (κ3) is 3.53. The molecular weight excluding hydrogens is 360 g/mol. The van der Waals surface area contributed by atoms with E-state index in [0.29, 0.717) is 11.1 Å². The first kappa shape index (κ1) is 18.0. The van der Waals surface area contributed by atoms with Crippen molar-refractivity contribution in [1.82, 2.24) is 4.98 Å². The number of halogens is 2. The lowest BCUT2D eigenvalue weighted by Gasteiger charge is -2.09. The van der Waals surface area contributed by atoms with E-state index in [1.54, 1.807) is 0 Å². The van der Waals surface area contributed by atoms with Gasteiger partial charge in [-0.3, -0.25) is 4.79 Å². The number of rotatable bonds is 4. The summed E-state index contributed by atoms with van der Waals surface area (Å²) in [6, 6.07) is 10.9. The van der Waals surface area contributed by atoms with Crippen LogP contribution in [-0.4, -0.2) is 10.9 Å². The second-order valence-corrected chi connectivity index (χ2v) is 6.95. The van der Waals surface area contributed by atoms with Crippen LogP contribution in [0.2, 0.25) is 0 Å². The topological polar surface area (TPSA) is 56.9 Å². The standard InChI is InChI=1S/C22H19F2N3O/c1-12-5-13(2)26-21(12)10-19-18-9-17(3-4-20(18)27-22(19)28)25-11-14-6-15(23)8-16(24)7-14/h3-10,25-26H,11H2,1-2H3,(H,27,28)/b19-10-. The van der Waals surface area contributed by atoms with Gasteiger partial charge in [0.25, 0.3) is 5.91 Å². The number of anilines is 2. The zero-order chi connectivity index (χ0) is 19.8. The first-order chi connectivity index (χ1) is 13.4. The van der Waals surface area contributed by atoms with Crippen LogP contribution in [0, 0.1) is 25.5 Å². The second-order valence-electron chi connectivity index (χ2n) is 6.95. The largest absolute Gasteiger partial charge is 0.381 e. The van der Waals surface area contributed by atoms with Gasteiger partial charge in [-0.2, -0.15) is 0 Å². The van der Waals surface area contributed by atoms with Gasteiger partial charge in [-0.15, -0.1) is 0 Å². The smallest absolute Gasteiger partial charge is 0.256 e. The lowest BCUT2D eigenvalue weighted by molar-refractivity contribution is -0.110. The number of aromatic nitrogens is 1. The van der Waals surface area contributed by atoms with Crippen molar-refractivity contribution in [3.05, 3.63) is 82.2 Å². The summed E-state index contributed by atoms with van der Waals surface area (Å²) in [7, 11) is 0. The maximum Gasteiger partial charge on any atom is 0.256 e. The average Bonchev–Trinajstić information content (AvgIpc) is 3.11. The maximum atomic E-state index is 13.3. The fourth-order valence-corrected chi connectivity index (χ4v) is 3.40. The molecule has 28 heavy (non-hydrogen) atoms. The Kier molecular flexibility index (Phi) is 4.47. The van der Waals surface area contributed by atoms with Crippen molar-refractivity contribution in [2.75, 3.05) is 10.6 Å². The number of carbonyl (C=O) groups is 1. The lowest BCUT2D eigenvalue weighted by Crippen LogP contribution is -2.03. The van der Waals surface area contributed by atoms with E-state index >= 15 is 0 Å². The summed E-state index contributed by atoms with van der Waals surface area (Å²) in [6.07, 6.45) is 1.84. The molecule has 0 saturated carbocycles. The molecule has 1 aliphatic heterocycles. The normalized spacial score (nSPS) is 14.3. The predicted molar refractivity (Wildman–Crippen MR) is 107 cm³/mol. The van der Waals surface area contributed by atoms with Gasteiger partial charge in [0.1, 0.15) is 11.6 Å². The summed E-state index contributed by atoms with van der Waals surface area (Å²) < 4.78 is 26.7. The van der Waals surface area contributed by atoms with Crippen molar-refractivity contribution in [1.29, 1.82) is 0 Å². The summed E-state index contributed by atoms with van der Waals surface area (Å²) in [5.74, 6) is -1.38. The third-order valence-electron chi connectivity index (χ3n) is 4.70. The quantitative estimate of drug-likeness (QED) is 0.558. The molecule has 0 atom stereocenters. The number of carbonyl (C=O) groups excluding carboxylic acids is 1. The number of nitrogens with one attached hydrogen (secondary N) is 3. The molecular formula is C22H19F2N3O. The molecule has 3 N–H and O–H groups in total. The molecule has 4 rings (SSSR count). The predicted octanol–water partition coefficient (Wildman–Crippen LogP) is 5.01. The van der Waals surface area contributed by atoms with Gasteiger partial charge in [0.2, 0.25) is 0 Å². The summed E-state index contributed by atoms with van der Waals surface area (Å²) in [5, 5.41) is 6.01. The minimum absolute atomic E-state index is 0.161. The van der Waals surface area contributed by atoms with E-state index in [1.165, 1.54) is 12.1 Å². The Labute approximate surface area is 161 Å². The molecule has 6 heteroatoms. The van der Waals surface area contributed by atoms with E-state index < -0.39 is 11.6 Å². The van der Waals surface area contributed by atoms with Crippen LogP contribution in [0.15, 0.2) is 42.5 Å². The average molecular weight is 379 g/mol. The van der Waals surface area contributed by atoms with Crippen LogP contribution in [0.5, 0.6) is 0 Å². The van der Waals surface area contributed by atoms with Crippen LogP contribution in [-0.2, 0) is 11.3 Å². The number of benzene rings is 2. The summed E-state index contributed by atoms with van der Waals surface area (Å²) in [6.45, 7) is 4.22. The molecule has 0 radical (unpaired) electrons. The van der Waals surface area contributed by atoms with E-state index in [4.69, 9.17) is 0 Å². The lowest BCUT2D eigenvalue weighted by atomic mass is 10.0. The van der Waals surface area contributed by atoms with Crippen molar-refractivity contribution < 1.29 is 13.6 Å². The molecule has 0 spiro atoms. The molecule has 0 saturated heterocycles. The Morgan fingerprint density at radius 3 is 2.46 bits per heavy atom. The third-order valence-corrected chi connectivity index (χ3v) is 4.70. The molecule has 4 nitrogen and oxygen atoms in total. The second kappa shape index (κ2) is 6.96. The van der Waals surface area contributed by atoms with Gasteiger partial charge < -0.3 is 15.6 Å². The van der Waals surface area contributed by atoms with Gasteiger partial charge in [-0.1, -0.05) is 0 Å². The zero-order valence-electron chi connectivity index (χ0n) is 15.5. The van der Waals surface area contributed by atoms with Gasteiger partial charge in [0, 0.05) is 40.9 Å². The highest BCUT2D eigenvalue weighted by atomic mass is 19.1. The summed E-state index contributed by atoms with van der Waals surface area (Å²) in [4.78, 5) is 15.7. The molecule has 3 aromatic rings. The van der Waals surface area contributed by atoms with Gasteiger partial charge in [0.05, 0.1) is 5.57 Å². The minimum atomic E-state index is -0.609. The van der Waals surface area contributed by atoms with Gasteiger partial charge in [-0.05, 0) is 67.4 Å². The summed E-state index contributed by atoms with van der Waals surface area (Å²) >= 11 is 0. The van der Waals surface area contributed by atoms with Crippen LogP contribution in [0.3, 0.4) is 0 Å². The Morgan fingerprint density at radius 1 is 1.04 bits per heavy atom. The number of hydrogen-bond acceptors (Lipinski definition) is 2. The highest BCUT2D eigenvalue weighted by Gasteiger charge is 2.24. The van der Waals surface area contributed by atoms with Crippen LogP contribution < -0.4 is 10.6 Å². The van der Waals surface area contributed by atoms with Crippen LogP contribution in [0.4, 0.5) is 20.2 Å². The van der Waals surface area contributed by atoms with Crippen molar-refractivity contribution in [3.8, 4) is 0 Å². The zero-order valence-corrected chi connectivity index (χ0v) is 15.5. The van der Waals surface area contributed by atoms with E-state index in [9.17, 15) is 13.6 Å². The molecule has 2 heterocycles. The molecule has 0 aliphatic carbocycles. The minimum Gasteiger partial charge on any atom is -0.381 e. The highest BCUT2D eigenvalue weighted by molar-refractivity contribution is 6.35. The molecule has 1 aromatic heterocycles. The Bertz CT molecular complexity index is 1090. The molecule has 0 bridgehead atoms. The molecule has 1 amide bonds. The number of fused-ring (bicyclic) bond motifs is 1. The van der Waals surface area contributed by atoms with E-state index in [0.717, 1.165) is 40.0 Å². The van der Waals surface area contributed by atoms with Gasteiger partial charge in [0.15, 0.2) is 0 Å². The van der Waals surface area contributed by atoms with Crippen LogP contribution >= 0.6 is 0 Å². The molecule has 142 valence electrons. The number of amides is 1. The number of aryl methyl sites for hydroxylation is 2. The number of hydrogen-bond donors (Lipinski definition) is 3. The molecule has 2 aromatic carbocycles. The van der Waals surface area contributed by atoms with E-state index in [2.05, 4.69) is 15.6 Å².